The van der Waals surface area contributed by atoms with E-state index in [1.54, 1.807) is 0 Å². The summed E-state index contributed by atoms with van der Waals surface area (Å²) in [4.78, 5) is 11.4. The first-order valence-corrected chi connectivity index (χ1v) is 9.83. The Hall–Kier alpha value is -0.610. The summed E-state index contributed by atoms with van der Waals surface area (Å²) >= 11 is 0. The first kappa shape index (κ1) is 23.4. The molecule has 0 unspecified atom stereocenters. The lowest BCUT2D eigenvalue weighted by Crippen LogP contribution is -2.27. The molecule has 4 heteroatoms. The van der Waals surface area contributed by atoms with Crippen LogP contribution in [-0.4, -0.2) is 38.0 Å². The third-order valence-electron chi connectivity index (χ3n) is 3.65. The van der Waals surface area contributed by atoms with Crippen LogP contribution in [0.1, 0.15) is 91.9 Å². The summed E-state index contributed by atoms with van der Waals surface area (Å²) in [6, 6.07) is 0. The van der Waals surface area contributed by atoms with Crippen molar-refractivity contribution in [2.75, 3.05) is 26.4 Å². The van der Waals surface area contributed by atoms with Gasteiger partial charge in [-0.25, -0.2) is 4.79 Å². The van der Waals surface area contributed by atoms with E-state index in [-0.39, 0.29) is 12.6 Å². The first-order valence-electron chi connectivity index (χ1n) is 9.83. The van der Waals surface area contributed by atoms with Crippen molar-refractivity contribution in [3.05, 3.63) is 0 Å². The number of unbranched alkanes of at least 4 members (excludes halogenated alkanes) is 9. The van der Waals surface area contributed by atoms with Crippen LogP contribution >= 0.6 is 0 Å². The van der Waals surface area contributed by atoms with Gasteiger partial charge in [0.1, 0.15) is 12.2 Å². The van der Waals surface area contributed by atoms with Gasteiger partial charge < -0.3 is 14.2 Å². The molecule has 0 bridgehead atoms. The zero-order valence-corrected chi connectivity index (χ0v) is 16.5. The highest BCUT2D eigenvalue weighted by Crippen LogP contribution is 2.10. The average Bonchev–Trinajstić information content (AvgIpc) is 2.49. The smallest absolute Gasteiger partial charge is 0.332 e. The Bertz CT molecular complexity index is 284. The van der Waals surface area contributed by atoms with Crippen LogP contribution in [-0.2, 0) is 19.0 Å². The van der Waals surface area contributed by atoms with Crippen molar-refractivity contribution < 1.29 is 19.0 Å². The topological polar surface area (TPSA) is 44.8 Å². The predicted octanol–water partition coefficient (Wildman–Crippen LogP) is 5.28. The Labute approximate surface area is 149 Å². The van der Waals surface area contributed by atoms with E-state index in [0.717, 1.165) is 13.0 Å². The highest BCUT2D eigenvalue weighted by molar-refractivity contribution is 5.71. The molecule has 0 saturated carbocycles. The van der Waals surface area contributed by atoms with E-state index in [2.05, 4.69) is 6.92 Å². The van der Waals surface area contributed by atoms with Gasteiger partial charge in [0.05, 0.1) is 13.2 Å². The maximum absolute atomic E-state index is 11.4. The second-order valence-electron chi connectivity index (χ2n) is 7.43. The van der Waals surface area contributed by atoms with E-state index < -0.39 is 5.60 Å². The van der Waals surface area contributed by atoms with Gasteiger partial charge >= 0.3 is 5.97 Å². The number of hydrogen-bond acceptors (Lipinski definition) is 4. The van der Waals surface area contributed by atoms with Crippen LogP contribution in [0, 0.1) is 0 Å². The average molecular weight is 345 g/mol. The molecule has 0 aromatic heterocycles. The minimum Gasteiger partial charge on any atom is -0.458 e. The number of ether oxygens (including phenoxy) is 3. The lowest BCUT2D eigenvalue weighted by atomic mass is 10.1. The van der Waals surface area contributed by atoms with Gasteiger partial charge in [0, 0.05) is 6.61 Å². The van der Waals surface area contributed by atoms with Crippen LogP contribution in [0.25, 0.3) is 0 Å². The summed E-state index contributed by atoms with van der Waals surface area (Å²) in [5.41, 5.74) is -0.452. The van der Waals surface area contributed by atoms with E-state index in [1.807, 2.05) is 20.8 Å². The van der Waals surface area contributed by atoms with Gasteiger partial charge in [0.15, 0.2) is 0 Å². The van der Waals surface area contributed by atoms with Crippen LogP contribution in [0.5, 0.6) is 0 Å². The van der Waals surface area contributed by atoms with Crippen molar-refractivity contribution in [1.82, 2.24) is 0 Å². The molecular formula is C20H40O4. The Kier molecular flexibility index (Phi) is 15.5. The standard InChI is InChI=1S/C20H40O4/c1-5-6-7-8-9-10-11-12-13-14-15-22-16-17-23-18-19(21)24-20(2,3)4/h5-18H2,1-4H3. The molecule has 144 valence electrons. The van der Waals surface area contributed by atoms with Gasteiger partial charge in [-0.1, -0.05) is 64.7 Å². The summed E-state index contributed by atoms with van der Waals surface area (Å²) in [6.07, 6.45) is 13.3. The van der Waals surface area contributed by atoms with Crippen LogP contribution in [0.2, 0.25) is 0 Å². The van der Waals surface area contributed by atoms with Gasteiger partial charge in [-0.05, 0) is 27.2 Å². The number of hydrogen-bond donors (Lipinski definition) is 0. The SMILES string of the molecule is CCCCCCCCCCCCOCCOCC(=O)OC(C)(C)C. The minimum absolute atomic E-state index is 0.00111. The van der Waals surface area contributed by atoms with Crippen molar-refractivity contribution in [2.45, 2.75) is 97.5 Å². The molecule has 0 aliphatic rings. The minimum atomic E-state index is -0.452. The Morgan fingerprint density at radius 2 is 1.21 bits per heavy atom. The van der Waals surface area contributed by atoms with Crippen molar-refractivity contribution in [3.8, 4) is 0 Å². The van der Waals surface area contributed by atoms with Crippen molar-refractivity contribution in [2.24, 2.45) is 0 Å². The lowest BCUT2D eigenvalue weighted by Gasteiger charge is -2.19. The second-order valence-corrected chi connectivity index (χ2v) is 7.43. The third kappa shape index (κ3) is 19.4. The number of carbonyl (C=O) groups is 1. The Balaban J connectivity index is 3.14. The second kappa shape index (κ2) is 15.9. The van der Waals surface area contributed by atoms with Crippen molar-refractivity contribution in [3.63, 3.8) is 0 Å². The van der Waals surface area contributed by atoms with Crippen molar-refractivity contribution >= 4 is 5.97 Å². The quantitative estimate of drug-likeness (QED) is 0.282. The lowest BCUT2D eigenvalue weighted by molar-refractivity contribution is -0.160. The zero-order chi connectivity index (χ0) is 18.1. The van der Waals surface area contributed by atoms with Gasteiger partial charge in [-0.3, -0.25) is 0 Å². The van der Waals surface area contributed by atoms with E-state index in [0.29, 0.717) is 13.2 Å². The fourth-order valence-corrected chi connectivity index (χ4v) is 2.44. The fourth-order valence-electron chi connectivity index (χ4n) is 2.44. The molecule has 0 aromatic carbocycles. The van der Waals surface area contributed by atoms with E-state index in [4.69, 9.17) is 14.2 Å². The van der Waals surface area contributed by atoms with Crippen LogP contribution < -0.4 is 0 Å². The third-order valence-corrected chi connectivity index (χ3v) is 3.65. The molecule has 0 saturated heterocycles. The molecule has 0 spiro atoms. The molecule has 0 aliphatic carbocycles. The summed E-state index contributed by atoms with van der Waals surface area (Å²) in [5, 5.41) is 0. The molecule has 0 amide bonds. The van der Waals surface area contributed by atoms with Crippen LogP contribution in [0.4, 0.5) is 0 Å². The number of esters is 1. The molecule has 0 rings (SSSR count). The summed E-state index contributed by atoms with van der Waals surface area (Å²) in [5.74, 6) is -0.322. The predicted molar refractivity (Wildman–Crippen MR) is 99.3 cm³/mol. The molecule has 0 fully saturated rings. The molecule has 0 atom stereocenters. The van der Waals surface area contributed by atoms with Crippen LogP contribution in [0.3, 0.4) is 0 Å². The largest absolute Gasteiger partial charge is 0.458 e. The van der Waals surface area contributed by atoms with E-state index >= 15 is 0 Å². The maximum atomic E-state index is 11.4. The Morgan fingerprint density at radius 1 is 0.708 bits per heavy atom. The van der Waals surface area contributed by atoms with Crippen LogP contribution in [0.15, 0.2) is 0 Å². The Morgan fingerprint density at radius 3 is 1.75 bits per heavy atom. The molecule has 0 radical (unpaired) electrons. The van der Waals surface area contributed by atoms with Gasteiger partial charge in [-0.2, -0.15) is 0 Å². The summed E-state index contributed by atoms with van der Waals surface area (Å²) in [7, 11) is 0. The molecule has 4 nitrogen and oxygen atoms in total. The molecule has 0 aromatic rings. The van der Waals surface area contributed by atoms with Gasteiger partial charge in [-0.15, -0.1) is 0 Å². The highest BCUT2D eigenvalue weighted by atomic mass is 16.6. The van der Waals surface area contributed by atoms with Crippen molar-refractivity contribution in [1.29, 1.82) is 0 Å². The summed E-state index contributed by atoms with van der Waals surface area (Å²) < 4.78 is 15.9. The number of rotatable bonds is 16. The fraction of sp³-hybridized carbons (Fsp3) is 0.950. The highest BCUT2D eigenvalue weighted by Gasteiger charge is 2.15. The molecule has 24 heavy (non-hydrogen) atoms. The monoisotopic (exact) mass is 344 g/mol. The van der Waals surface area contributed by atoms with Gasteiger partial charge in [0.2, 0.25) is 0 Å². The summed E-state index contributed by atoms with van der Waals surface area (Å²) in [6.45, 7) is 9.57. The maximum Gasteiger partial charge on any atom is 0.332 e. The number of carbonyl (C=O) groups excluding carboxylic acids is 1. The zero-order valence-electron chi connectivity index (χ0n) is 16.5. The molecule has 0 N–H and O–H groups in total. The van der Waals surface area contributed by atoms with E-state index in [9.17, 15) is 4.79 Å². The molecular weight excluding hydrogens is 304 g/mol. The van der Waals surface area contributed by atoms with Gasteiger partial charge in [0.25, 0.3) is 0 Å². The first-order chi connectivity index (χ1) is 11.5. The molecule has 0 heterocycles. The molecule has 0 aliphatic heterocycles. The normalized spacial score (nSPS) is 11.7. The van der Waals surface area contributed by atoms with E-state index in [1.165, 1.54) is 57.8 Å².